The van der Waals surface area contributed by atoms with Gasteiger partial charge in [0.15, 0.2) is 11.5 Å². The zero-order valence-electron chi connectivity index (χ0n) is 19.3. The molecule has 0 heterocycles. The summed E-state index contributed by atoms with van der Waals surface area (Å²) in [7, 11) is 0. The van der Waals surface area contributed by atoms with Crippen molar-refractivity contribution in [3.05, 3.63) is 89.0 Å². The lowest BCUT2D eigenvalue weighted by Gasteiger charge is -2.13. The lowest BCUT2D eigenvalue weighted by atomic mass is 10.1. The van der Waals surface area contributed by atoms with Crippen LogP contribution in [-0.4, -0.2) is 25.3 Å². The second-order valence-electron chi connectivity index (χ2n) is 7.27. The van der Waals surface area contributed by atoms with Crippen LogP contribution in [0.4, 0.5) is 0 Å². The van der Waals surface area contributed by atoms with Gasteiger partial charge in [-0.05, 0) is 67.4 Å². The molecule has 3 rings (SSSR count). The fraction of sp³-hybridized carbons (Fsp3) is 0.222. The molecule has 0 saturated heterocycles. The molecule has 0 spiro atoms. The van der Waals surface area contributed by atoms with Crippen molar-refractivity contribution in [3.63, 3.8) is 0 Å². The fourth-order valence-corrected chi connectivity index (χ4v) is 3.06. The quantitative estimate of drug-likeness (QED) is 0.320. The molecule has 3 aromatic rings. The van der Waals surface area contributed by atoms with Crippen LogP contribution in [0.2, 0.25) is 0 Å². The van der Waals surface area contributed by atoms with E-state index in [-0.39, 0.29) is 12.5 Å². The SMILES string of the molecule is CCCOc1ccc(C(=O)N/N=C\c2ccc(OCc3ccccc3C#N)c(OCC)c2)cc1. The number of nitrogens with one attached hydrogen (secondary N) is 1. The molecule has 7 nitrogen and oxygen atoms in total. The summed E-state index contributed by atoms with van der Waals surface area (Å²) in [5.74, 6) is 1.51. The van der Waals surface area contributed by atoms with Crippen molar-refractivity contribution in [2.45, 2.75) is 26.9 Å². The number of ether oxygens (including phenoxy) is 3. The number of rotatable bonds is 11. The number of hydrazone groups is 1. The van der Waals surface area contributed by atoms with E-state index >= 15 is 0 Å². The van der Waals surface area contributed by atoms with Gasteiger partial charge in [-0.15, -0.1) is 0 Å². The summed E-state index contributed by atoms with van der Waals surface area (Å²) in [5, 5.41) is 13.3. The first-order valence-electron chi connectivity index (χ1n) is 11.1. The van der Waals surface area contributed by atoms with E-state index in [1.807, 2.05) is 38.1 Å². The van der Waals surface area contributed by atoms with E-state index in [9.17, 15) is 10.1 Å². The van der Waals surface area contributed by atoms with Crippen molar-refractivity contribution in [2.75, 3.05) is 13.2 Å². The topological polar surface area (TPSA) is 92.9 Å². The molecule has 174 valence electrons. The highest BCUT2D eigenvalue weighted by molar-refractivity contribution is 5.95. The summed E-state index contributed by atoms with van der Waals surface area (Å²) in [6.45, 7) is 5.26. The third-order valence-corrected chi connectivity index (χ3v) is 4.76. The first kappa shape index (κ1) is 24.3. The zero-order chi connectivity index (χ0) is 24.2. The van der Waals surface area contributed by atoms with Crippen LogP contribution >= 0.6 is 0 Å². The summed E-state index contributed by atoms with van der Waals surface area (Å²) in [4.78, 5) is 12.3. The van der Waals surface area contributed by atoms with E-state index in [1.165, 1.54) is 6.21 Å². The van der Waals surface area contributed by atoms with Gasteiger partial charge in [-0.25, -0.2) is 5.43 Å². The van der Waals surface area contributed by atoms with Crippen LogP contribution in [0.1, 0.15) is 47.3 Å². The monoisotopic (exact) mass is 457 g/mol. The van der Waals surface area contributed by atoms with E-state index < -0.39 is 0 Å². The Bertz CT molecular complexity index is 1170. The zero-order valence-corrected chi connectivity index (χ0v) is 19.3. The number of amides is 1. The number of hydrogen-bond acceptors (Lipinski definition) is 6. The Hall–Kier alpha value is -4.31. The van der Waals surface area contributed by atoms with Crippen molar-refractivity contribution in [1.82, 2.24) is 5.43 Å². The number of hydrogen-bond donors (Lipinski definition) is 1. The van der Waals surface area contributed by atoms with Gasteiger partial charge in [0, 0.05) is 11.1 Å². The molecule has 7 heteroatoms. The molecular formula is C27H27N3O4. The molecule has 0 unspecified atom stereocenters. The molecule has 0 radical (unpaired) electrons. The van der Waals surface area contributed by atoms with Crippen LogP contribution in [0.15, 0.2) is 71.8 Å². The number of carbonyl (C=O) groups is 1. The van der Waals surface area contributed by atoms with Gasteiger partial charge in [-0.2, -0.15) is 10.4 Å². The maximum Gasteiger partial charge on any atom is 0.271 e. The molecule has 0 atom stereocenters. The molecule has 0 aliphatic rings. The first-order valence-corrected chi connectivity index (χ1v) is 11.1. The standard InChI is InChI=1S/C27H27N3O4/c1-3-15-33-24-12-10-21(11-13-24)27(31)30-29-18-20-9-14-25(26(16-20)32-4-2)34-19-23-8-6-5-7-22(23)17-28/h5-14,16,18H,3-4,15,19H2,1-2H3,(H,30,31)/b29-18-. The summed E-state index contributed by atoms with van der Waals surface area (Å²) in [6.07, 6.45) is 2.46. The normalized spacial score (nSPS) is 10.5. The van der Waals surface area contributed by atoms with E-state index in [4.69, 9.17) is 14.2 Å². The Morgan fingerprint density at radius 3 is 2.53 bits per heavy atom. The van der Waals surface area contributed by atoms with Gasteiger partial charge in [0.1, 0.15) is 12.4 Å². The van der Waals surface area contributed by atoms with E-state index in [2.05, 4.69) is 16.6 Å². The van der Waals surface area contributed by atoms with Crippen molar-refractivity contribution in [2.24, 2.45) is 5.10 Å². The van der Waals surface area contributed by atoms with Crippen LogP contribution in [-0.2, 0) is 6.61 Å². The van der Waals surface area contributed by atoms with Crippen molar-refractivity contribution < 1.29 is 19.0 Å². The third kappa shape index (κ3) is 6.84. The highest BCUT2D eigenvalue weighted by atomic mass is 16.5. The van der Waals surface area contributed by atoms with Crippen molar-refractivity contribution in [3.8, 4) is 23.3 Å². The van der Waals surface area contributed by atoms with Gasteiger partial charge in [-0.1, -0.05) is 25.1 Å². The van der Waals surface area contributed by atoms with Gasteiger partial charge in [0.2, 0.25) is 0 Å². The lowest BCUT2D eigenvalue weighted by molar-refractivity contribution is 0.0955. The van der Waals surface area contributed by atoms with Gasteiger partial charge in [0.05, 0.1) is 31.1 Å². The summed E-state index contributed by atoms with van der Waals surface area (Å²) >= 11 is 0. The minimum absolute atomic E-state index is 0.246. The third-order valence-electron chi connectivity index (χ3n) is 4.76. The molecule has 0 aromatic heterocycles. The number of carbonyl (C=O) groups excluding carboxylic acids is 1. The minimum atomic E-state index is -0.320. The molecule has 0 aliphatic heterocycles. The number of nitrogens with zero attached hydrogens (tertiary/aromatic N) is 2. The minimum Gasteiger partial charge on any atom is -0.494 e. The Labute approximate surface area is 199 Å². The molecule has 0 aliphatic carbocycles. The summed E-state index contributed by atoms with van der Waals surface area (Å²) in [5.41, 5.74) is 5.11. The predicted octanol–water partition coefficient (Wildman–Crippen LogP) is 5.09. The average Bonchev–Trinajstić information content (AvgIpc) is 2.87. The molecule has 0 saturated carbocycles. The van der Waals surface area contributed by atoms with E-state index in [0.29, 0.717) is 35.8 Å². The summed E-state index contributed by atoms with van der Waals surface area (Å²) in [6, 6.07) is 21.7. The second-order valence-corrected chi connectivity index (χ2v) is 7.27. The van der Waals surface area contributed by atoms with Crippen LogP contribution in [0.5, 0.6) is 17.2 Å². The van der Waals surface area contributed by atoms with Gasteiger partial charge in [0.25, 0.3) is 5.91 Å². The summed E-state index contributed by atoms with van der Waals surface area (Å²) < 4.78 is 17.1. The van der Waals surface area contributed by atoms with E-state index in [0.717, 1.165) is 23.3 Å². The Kier molecular flexibility index (Phi) is 9.06. The smallest absolute Gasteiger partial charge is 0.271 e. The average molecular weight is 458 g/mol. The largest absolute Gasteiger partial charge is 0.494 e. The predicted molar refractivity (Wildman–Crippen MR) is 130 cm³/mol. The van der Waals surface area contributed by atoms with E-state index in [1.54, 1.807) is 42.5 Å². The molecular weight excluding hydrogens is 430 g/mol. The van der Waals surface area contributed by atoms with Crippen molar-refractivity contribution in [1.29, 1.82) is 5.26 Å². The van der Waals surface area contributed by atoms with Crippen LogP contribution < -0.4 is 19.6 Å². The highest BCUT2D eigenvalue weighted by Crippen LogP contribution is 2.29. The van der Waals surface area contributed by atoms with Gasteiger partial charge >= 0.3 is 0 Å². The maximum atomic E-state index is 12.3. The number of nitriles is 1. The van der Waals surface area contributed by atoms with Crippen LogP contribution in [0.3, 0.4) is 0 Å². The second kappa shape index (κ2) is 12.7. The van der Waals surface area contributed by atoms with Crippen LogP contribution in [0, 0.1) is 11.3 Å². The molecule has 0 fully saturated rings. The molecule has 3 aromatic carbocycles. The Balaban J connectivity index is 1.62. The molecule has 0 bridgehead atoms. The lowest BCUT2D eigenvalue weighted by Crippen LogP contribution is -2.17. The fourth-order valence-electron chi connectivity index (χ4n) is 3.06. The molecule has 1 N–H and O–H groups in total. The molecule has 34 heavy (non-hydrogen) atoms. The Morgan fingerprint density at radius 1 is 1.00 bits per heavy atom. The van der Waals surface area contributed by atoms with Crippen molar-refractivity contribution >= 4 is 12.1 Å². The van der Waals surface area contributed by atoms with Crippen LogP contribution in [0.25, 0.3) is 0 Å². The maximum absolute atomic E-state index is 12.3. The molecule has 1 amide bonds. The Morgan fingerprint density at radius 2 is 1.79 bits per heavy atom. The van der Waals surface area contributed by atoms with Gasteiger partial charge in [-0.3, -0.25) is 4.79 Å². The highest BCUT2D eigenvalue weighted by Gasteiger charge is 2.09. The van der Waals surface area contributed by atoms with Gasteiger partial charge < -0.3 is 14.2 Å². The number of benzene rings is 3. The first-order chi connectivity index (χ1) is 16.6.